The Balaban J connectivity index is 1.46. The number of carbonyl (C=O) groups is 2. The molecular formula is C30H25FN4O2. The highest BCUT2D eigenvalue weighted by Crippen LogP contribution is 2.26. The van der Waals surface area contributed by atoms with E-state index in [1.54, 1.807) is 42.7 Å². The summed E-state index contributed by atoms with van der Waals surface area (Å²) in [4.78, 5) is 30.0. The van der Waals surface area contributed by atoms with Gasteiger partial charge in [-0.2, -0.15) is 0 Å². The topological polar surface area (TPSA) is 76.0 Å². The summed E-state index contributed by atoms with van der Waals surface area (Å²) in [6.07, 6.45) is 3.35. The smallest absolute Gasteiger partial charge is 0.268 e. The van der Waals surface area contributed by atoms with E-state index in [0.717, 1.165) is 27.6 Å². The van der Waals surface area contributed by atoms with Crippen LogP contribution < -0.4 is 10.6 Å². The minimum absolute atomic E-state index is 0.214. The molecule has 37 heavy (non-hydrogen) atoms. The number of halogens is 1. The molecule has 2 amide bonds. The van der Waals surface area contributed by atoms with Crippen molar-refractivity contribution in [1.29, 1.82) is 0 Å². The average Bonchev–Trinajstić information content (AvgIpc) is 3.25. The Morgan fingerprint density at radius 2 is 1.65 bits per heavy atom. The van der Waals surface area contributed by atoms with Gasteiger partial charge < -0.3 is 15.2 Å². The minimum Gasteiger partial charge on any atom is -0.347 e. The Kier molecular flexibility index (Phi) is 6.76. The molecule has 0 radical (unpaired) electrons. The van der Waals surface area contributed by atoms with Crippen molar-refractivity contribution in [3.05, 3.63) is 131 Å². The average molecular weight is 493 g/mol. The van der Waals surface area contributed by atoms with Gasteiger partial charge in [0.25, 0.3) is 11.8 Å². The molecule has 5 aromatic rings. The monoisotopic (exact) mass is 492 g/mol. The molecule has 5 rings (SSSR count). The number of amides is 2. The van der Waals surface area contributed by atoms with Crippen molar-refractivity contribution in [2.45, 2.75) is 20.0 Å². The first-order chi connectivity index (χ1) is 18.0. The molecule has 2 heterocycles. The molecule has 0 saturated heterocycles. The summed E-state index contributed by atoms with van der Waals surface area (Å²) in [5, 5.41) is 6.67. The van der Waals surface area contributed by atoms with Gasteiger partial charge in [0.1, 0.15) is 11.5 Å². The number of aromatic nitrogens is 2. The van der Waals surface area contributed by atoms with Crippen LogP contribution in [-0.4, -0.2) is 21.4 Å². The van der Waals surface area contributed by atoms with E-state index < -0.39 is 0 Å². The van der Waals surface area contributed by atoms with Crippen molar-refractivity contribution in [3.8, 4) is 0 Å². The normalized spacial score (nSPS) is 10.9. The van der Waals surface area contributed by atoms with Crippen molar-refractivity contribution < 1.29 is 14.0 Å². The van der Waals surface area contributed by atoms with Crippen LogP contribution in [-0.2, 0) is 13.1 Å². The van der Waals surface area contributed by atoms with Crippen LogP contribution in [0.5, 0.6) is 0 Å². The number of nitrogens with zero attached hydrogens (tertiary/aromatic N) is 2. The lowest BCUT2D eigenvalue weighted by Gasteiger charge is -2.12. The third kappa shape index (κ3) is 5.56. The summed E-state index contributed by atoms with van der Waals surface area (Å²) in [5.41, 5.74) is 5.15. The van der Waals surface area contributed by atoms with E-state index in [9.17, 15) is 14.0 Å². The fourth-order valence-electron chi connectivity index (χ4n) is 4.21. The number of benzene rings is 3. The van der Waals surface area contributed by atoms with Gasteiger partial charge in [0, 0.05) is 47.6 Å². The molecule has 0 atom stereocenters. The lowest BCUT2D eigenvalue weighted by atomic mass is 10.1. The van der Waals surface area contributed by atoms with E-state index in [1.807, 2.05) is 54.0 Å². The SMILES string of the molecule is Cc1ccc(C(=O)Nc2ccc3c(c2)cc(C(=O)NCc2ccncc2)n3Cc2cccc(F)c2)cc1. The summed E-state index contributed by atoms with van der Waals surface area (Å²) >= 11 is 0. The molecule has 3 aromatic carbocycles. The summed E-state index contributed by atoms with van der Waals surface area (Å²) in [7, 11) is 0. The van der Waals surface area contributed by atoms with Crippen molar-refractivity contribution in [3.63, 3.8) is 0 Å². The highest BCUT2D eigenvalue weighted by atomic mass is 19.1. The van der Waals surface area contributed by atoms with Crippen LogP contribution in [0.4, 0.5) is 10.1 Å². The Morgan fingerprint density at radius 3 is 2.41 bits per heavy atom. The fraction of sp³-hybridized carbons (Fsp3) is 0.100. The zero-order chi connectivity index (χ0) is 25.8. The van der Waals surface area contributed by atoms with Crippen LogP contribution in [0.3, 0.4) is 0 Å². The number of hydrogen-bond acceptors (Lipinski definition) is 3. The van der Waals surface area contributed by atoms with Crippen molar-refractivity contribution in [2.75, 3.05) is 5.32 Å². The molecule has 2 aromatic heterocycles. The van der Waals surface area contributed by atoms with Crippen LogP contribution in [0.1, 0.15) is 37.5 Å². The van der Waals surface area contributed by atoms with Gasteiger partial charge in [-0.05, 0) is 78.7 Å². The third-order valence-electron chi connectivity index (χ3n) is 6.14. The maximum Gasteiger partial charge on any atom is 0.268 e. The Bertz CT molecular complexity index is 1580. The first-order valence-electron chi connectivity index (χ1n) is 11.9. The van der Waals surface area contributed by atoms with Crippen LogP contribution in [0.25, 0.3) is 10.9 Å². The Labute approximate surface area is 213 Å². The van der Waals surface area contributed by atoms with Crippen LogP contribution in [0.2, 0.25) is 0 Å². The van der Waals surface area contributed by atoms with Gasteiger partial charge in [0.05, 0.1) is 0 Å². The van der Waals surface area contributed by atoms with Crippen molar-refractivity contribution in [1.82, 2.24) is 14.9 Å². The molecule has 2 N–H and O–H groups in total. The van der Waals surface area contributed by atoms with Gasteiger partial charge in [-0.1, -0.05) is 29.8 Å². The first kappa shape index (κ1) is 23.9. The summed E-state index contributed by atoms with van der Waals surface area (Å²) in [6.45, 7) is 2.63. The Hall–Kier alpha value is -4.78. The zero-order valence-corrected chi connectivity index (χ0v) is 20.2. The maximum absolute atomic E-state index is 13.9. The van der Waals surface area contributed by atoms with E-state index in [4.69, 9.17) is 0 Å². The van der Waals surface area contributed by atoms with Gasteiger partial charge in [-0.15, -0.1) is 0 Å². The number of pyridine rings is 1. The second-order valence-electron chi connectivity index (χ2n) is 8.88. The fourth-order valence-corrected chi connectivity index (χ4v) is 4.21. The lowest BCUT2D eigenvalue weighted by Crippen LogP contribution is -2.25. The van der Waals surface area contributed by atoms with Gasteiger partial charge in [-0.3, -0.25) is 14.6 Å². The molecule has 184 valence electrons. The molecule has 0 saturated carbocycles. The molecular weight excluding hydrogens is 467 g/mol. The molecule has 0 bridgehead atoms. The maximum atomic E-state index is 13.9. The molecule has 0 aliphatic carbocycles. The number of nitrogens with one attached hydrogen (secondary N) is 2. The van der Waals surface area contributed by atoms with Crippen LogP contribution in [0.15, 0.2) is 97.3 Å². The molecule has 0 spiro atoms. The standard InChI is InChI=1S/C30H25FN4O2/c1-20-5-7-23(8-6-20)29(36)34-26-9-10-27-24(16-26)17-28(30(37)33-18-21-11-13-32-14-12-21)35(27)19-22-3-2-4-25(31)15-22/h2-17H,18-19H2,1H3,(H,33,37)(H,34,36). The zero-order valence-electron chi connectivity index (χ0n) is 20.2. The second kappa shape index (κ2) is 10.5. The summed E-state index contributed by atoms with van der Waals surface area (Å²) in [5.74, 6) is -0.803. The highest BCUT2D eigenvalue weighted by Gasteiger charge is 2.17. The number of anilines is 1. The number of hydrogen-bond donors (Lipinski definition) is 2. The van der Waals surface area contributed by atoms with E-state index in [2.05, 4.69) is 15.6 Å². The van der Waals surface area contributed by atoms with Crippen LogP contribution in [0, 0.1) is 12.7 Å². The third-order valence-corrected chi connectivity index (χ3v) is 6.14. The largest absolute Gasteiger partial charge is 0.347 e. The summed E-state index contributed by atoms with van der Waals surface area (Å²) in [6, 6.07) is 24.6. The van der Waals surface area contributed by atoms with E-state index in [-0.39, 0.29) is 17.6 Å². The summed E-state index contributed by atoms with van der Waals surface area (Å²) < 4.78 is 15.7. The van der Waals surface area contributed by atoms with Crippen molar-refractivity contribution >= 4 is 28.4 Å². The molecule has 0 fully saturated rings. The molecule has 0 aliphatic heterocycles. The van der Waals surface area contributed by atoms with E-state index in [0.29, 0.717) is 30.0 Å². The second-order valence-corrected chi connectivity index (χ2v) is 8.88. The van der Waals surface area contributed by atoms with Crippen molar-refractivity contribution in [2.24, 2.45) is 0 Å². The highest BCUT2D eigenvalue weighted by molar-refractivity contribution is 6.06. The van der Waals surface area contributed by atoms with Crippen LogP contribution >= 0.6 is 0 Å². The van der Waals surface area contributed by atoms with Gasteiger partial charge in [0.2, 0.25) is 0 Å². The minimum atomic E-state index is -0.334. The molecule has 7 heteroatoms. The molecule has 0 unspecified atom stereocenters. The predicted octanol–water partition coefficient (Wildman–Crippen LogP) is 5.71. The van der Waals surface area contributed by atoms with Gasteiger partial charge in [0.15, 0.2) is 0 Å². The van der Waals surface area contributed by atoms with E-state index >= 15 is 0 Å². The van der Waals surface area contributed by atoms with E-state index in [1.165, 1.54) is 12.1 Å². The molecule has 0 aliphatic rings. The van der Waals surface area contributed by atoms with Gasteiger partial charge >= 0.3 is 0 Å². The number of carbonyl (C=O) groups excluding carboxylic acids is 2. The number of rotatable bonds is 7. The number of aryl methyl sites for hydroxylation is 1. The first-order valence-corrected chi connectivity index (χ1v) is 11.9. The lowest BCUT2D eigenvalue weighted by molar-refractivity contribution is 0.0941. The quantitative estimate of drug-likeness (QED) is 0.305. The predicted molar refractivity (Wildman–Crippen MR) is 142 cm³/mol. The number of fused-ring (bicyclic) bond motifs is 1. The molecule has 6 nitrogen and oxygen atoms in total. The van der Waals surface area contributed by atoms with Gasteiger partial charge in [-0.25, -0.2) is 4.39 Å². The Morgan fingerprint density at radius 1 is 0.865 bits per heavy atom.